The summed E-state index contributed by atoms with van der Waals surface area (Å²) in [7, 11) is 0. The van der Waals surface area contributed by atoms with Crippen molar-refractivity contribution >= 4 is 22.9 Å². The first kappa shape index (κ1) is 15.9. The number of nitrogens with one attached hydrogen (secondary N) is 1. The Hall–Kier alpha value is -3.02. The standard InChI is InChI=1S/C18H20N4O2/c1-11-15(8-6-13-5-7-14(19)17(24)10-13)21-18-16(20-12(2)23)4-3-9-22(11)18/h3-5,7,9-10,24H,6,8,19H2,1-2H3,(H,20,23). The maximum Gasteiger partial charge on any atom is 0.221 e. The van der Waals surface area contributed by atoms with Crippen molar-refractivity contribution in [1.29, 1.82) is 0 Å². The largest absolute Gasteiger partial charge is 0.506 e. The molecular formula is C18H20N4O2. The van der Waals surface area contributed by atoms with Crippen LogP contribution in [0, 0.1) is 6.92 Å². The number of anilines is 2. The van der Waals surface area contributed by atoms with Crippen LogP contribution in [-0.2, 0) is 17.6 Å². The number of benzene rings is 1. The zero-order chi connectivity index (χ0) is 17.3. The molecule has 1 aromatic carbocycles. The fourth-order valence-electron chi connectivity index (χ4n) is 2.76. The summed E-state index contributed by atoms with van der Waals surface area (Å²) < 4.78 is 1.97. The highest BCUT2D eigenvalue weighted by Gasteiger charge is 2.12. The molecule has 0 spiro atoms. The number of phenolic OH excluding ortho intramolecular Hbond substituents is 1. The first-order chi connectivity index (χ1) is 11.5. The number of hydrogen-bond acceptors (Lipinski definition) is 4. The maximum absolute atomic E-state index is 11.3. The van der Waals surface area contributed by atoms with Crippen LogP contribution in [0.4, 0.5) is 11.4 Å². The van der Waals surface area contributed by atoms with Crippen molar-refractivity contribution in [2.75, 3.05) is 11.1 Å². The molecule has 0 aliphatic carbocycles. The molecule has 0 radical (unpaired) electrons. The van der Waals surface area contributed by atoms with E-state index in [1.54, 1.807) is 12.1 Å². The number of nitrogens with two attached hydrogens (primary N) is 1. The van der Waals surface area contributed by atoms with Crippen molar-refractivity contribution in [2.45, 2.75) is 26.7 Å². The third kappa shape index (κ3) is 3.03. The molecule has 0 aliphatic rings. The molecule has 1 amide bonds. The highest BCUT2D eigenvalue weighted by atomic mass is 16.3. The van der Waals surface area contributed by atoms with E-state index in [4.69, 9.17) is 5.73 Å². The first-order valence-electron chi connectivity index (χ1n) is 7.77. The summed E-state index contributed by atoms with van der Waals surface area (Å²) in [6.45, 7) is 3.49. The molecule has 0 aliphatic heterocycles. The molecule has 0 fully saturated rings. The van der Waals surface area contributed by atoms with E-state index in [0.29, 0.717) is 11.4 Å². The smallest absolute Gasteiger partial charge is 0.221 e. The molecule has 3 rings (SSSR count). The molecule has 124 valence electrons. The normalized spacial score (nSPS) is 10.9. The minimum Gasteiger partial charge on any atom is -0.506 e. The number of aromatic hydroxyl groups is 1. The van der Waals surface area contributed by atoms with E-state index in [1.807, 2.05) is 35.7 Å². The summed E-state index contributed by atoms with van der Waals surface area (Å²) in [6.07, 6.45) is 3.41. The number of hydrogen-bond donors (Lipinski definition) is 3. The number of fused-ring (bicyclic) bond motifs is 1. The van der Waals surface area contributed by atoms with Crippen LogP contribution in [0.25, 0.3) is 5.65 Å². The van der Waals surface area contributed by atoms with Crippen molar-refractivity contribution in [3.63, 3.8) is 0 Å². The highest BCUT2D eigenvalue weighted by molar-refractivity contribution is 5.92. The van der Waals surface area contributed by atoms with Gasteiger partial charge in [0.2, 0.25) is 5.91 Å². The molecule has 4 N–H and O–H groups in total. The van der Waals surface area contributed by atoms with Crippen LogP contribution in [0.3, 0.4) is 0 Å². The number of nitrogen functional groups attached to an aromatic ring is 1. The second kappa shape index (κ2) is 6.23. The number of pyridine rings is 1. The Balaban J connectivity index is 1.88. The van der Waals surface area contributed by atoms with Gasteiger partial charge in [-0.25, -0.2) is 4.98 Å². The van der Waals surface area contributed by atoms with Gasteiger partial charge in [-0.05, 0) is 49.6 Å². The lowest BCUT2D eigenvalue weighted by molar-refractivity contribution is -0.114. The molecule has 0 unspecified atom stereocenters. The topological polar surface area (TPSA) is 92.7 Å². The van der Waals surface area contributed by atoms with Gasteiger partial charge in [-0.3, -0.25) is 4.79 Å². The molecule has 0 bridgehead atoms. The van der Waals surface area contributed by atoms with E-state index in [9.17, 15) is 9.90 Å². The van der Waals surface area contributed by atoms with Gasteiger partial charge in [-0.15, -0.1) is 0 Å². The van der Waals surface area contributed by atoms with Crippen LogP contribution < -0.4 is 11.1 Å². The van der Waals surface area contributed by atoms with Gasteiger partial charge < -0.3 is 20.6 Å². The Morgan fingerprint density at radius 3 is 2.83 bits per heavy atom. The predicted molar refractivity (Wildman–Crippen MR) is 94.2 cm³/mol. The lowest BCUT2D eigenvalue weighted by Gasteiger charge is -2.04. The van der Waals surface area contributed by atoms with Gasteiger partial charge in [-0.1, -0.05) is 6.07 Å². The van der Waals surface area contributed by atoms with E-state index in [0.717, 1.165) is 35.4 Å². The number of carbonyl (C=O) groups is 1. The third-order valence-electron chi connectivity index (χ3n) is 4.04. The Kier molecular flexibility index (Phi) is 4.12. The van der Waals surface area contributed by atoms with Crippen LogP contribution in [0.2, 0.25) is 0 Å². The average Bonchev–Trinajstić information content (AvgIpc) is 2.86. The van der Waals surface area contributed by atoms with Gasteiger partial charge in [0.1, 0.15) is 5.75 Å². The number of aryl methyl sites for hydroxylation is 3. The van der Waals surface area contributed by atoms with E-state index in [1.165, 1.54) is 6.92 Å². The van der Waals surface area contributed by atoms with Gasteiger partial charge in [-0.2, -0.15) is 0 Å². The van der Waals surface area contributed by atoms with E-state index in [2.05, 4.69) is 10.3 Å². The third-order valence-corrected chi connectivity index (χ3v) is 4.04. The summed E-state index contributed by atoms with van der Waals surface area (Å²) in [4.78, 5) is 16.0. The summed E-state index contributed by atoms with van der Waals surface area (Å²) in [5.74, 6) is -0.0187. The van der Waals surface area contributed by atoms with Crippen LogP contribution in [0.1, 0.15) is 23.9 Å². The zero-order valence-corrected chi connectivity index (χ0v) is 13.7. The minimum absolute atomic E-state index is 0.104. The number of aromatic nitrogens is 2. The highest BCUT2D eigenvalue weighted by Crippen LogP contribution is 2.23. The molecular weight excluding hydrogens is 304 g/mol. The van der Waals surface area contributed by atoms with Crippen molar-refractivity contribution in [2.24, 2.45) is 0 Å². The van der Waals surface area contributed by atoms with Gasteiger partial charge >= 0.3 is 0 Å². The SMILES string of the molecule is CC(=O)Nc1cccn2c(C)c(CCc3ccc(N)c(O)c3)nc12. The molecule has 24 heavy (non-hydrogen) atoms. The Morgan fingerprint density at radius 2 is 2.12 bits per heavy atom. The summed E-state index contributed by atoms with van der Waals surface area (Å²) in [6, 6.07) is 9.02. The van der Waals surface area contributed by atoms with E-state index < -0.39 is 0 Å². The van der Waals surface area contributed by atoms with Gasteiger partial charge in [0, 0.05) is 18.8 Å². The molecule has 2 aromatic heterocycles. The van der Waals surface area contributed by atoms with E-state index >= 15 is 0 Å². The summed E-state index contributed by atoms with van der Waals surface area (Å²) >= 11 is 0. The van der Waals surface area contributed by atoms with Crippen molar-refractivity contribution in [1.82, 2.24) is 9.38 Å². The summed E-state index contributed by atoms with van der Waals surface area (Å²) in [5, 5.41) is 12.5. The van der Waals surface area contributed by atoms with Crippen LogP contribution >= 0.6 is 0 Å². The second-order valence-corrected chi connectivity index (χ2v) is 5.83. The fraction of sp³-hybridized carbons (Fsp3) is 0.222. The summed E-state index contributed by atoms with van der Waals surface area (Å²) in [5.41, 5.74) is 10.4. The van der Waals surface area contributed by atoms with Gasteiger partial charge in [0.25, 0.3) is 0 Å². The molecule has 3 aromatic rings. The molecule has 2 heterocycles. The number of phenols is 1. The zero-order valence-electron chi connectivity index (χ0n) is 13.7. The quantitative estimate of drug-likeness (QED) is 0.508. The number of amides is 1. The Morgan fingerprint density at radius 1 is 1.33 bits per heavy atom. The molecule has 6 heteroatoms. The first-order valence-corrected chi connectivity index (χ1v) is 7.77. The minimum atomic E-state index is -0.123. The second-order valence-electron chi connectivity index (χ2n) is 5.83. The lowest BCUT2D eigenvalue weighted by atomic mass is 10.1. The molecule has 0 atom stereocenters. The van der Waals surface area contributed by atoms with Crippen LogP contribution in [0.15, 0.2) is 36.5 Å². The maximum atomic E-state index is 11.3. The van der Waals surface area contributed by atoms with Crippen molar-refractivity contribution in [3.05, 3.63) is 53.5 Å². The molecule has 6 nitrogen and oxygen atoms in total. The van der Waals surface area contributed by atoms with E-state index in [-0.39, 0.29) is 11.7 Å². The Bertz CT molecular complexity index is 915. The fourth-order valence-corrected chi connectivity index (χ4v) is 2.76. The number of imidazole rings is 1. The number of carbonyl (C=O) groups excluding carboxylic acids is 1. The number of rotatable bonds is 4. The van der Waals surface area contributed by atoms with Crippen LogP contribution in [-0.4, -0.2) is 20.4 Å². The monoisotopic (exact) mass is 324 g/mol. The predicted octanol–water partition coefficient (Wildman–Crippen LogP) is 2.67. The Labute approximate surface area is 139 Å². The van der Waals surface area contributed by atoms with Crippen molar-refractivity contribution in [3.8, 4) is 5.75 Å². The molecule has 0 saturated carbocycles. The number of nitrogens with zero attached hydrogens (tertiary/aromatic N) is 2. The van der Waals surface area contributed by atoms with Gasteiger partial charge in [0.05, 0.1) is 17.1 Å². The van der Waals surface area contributed by atoms with Gasteiger partial charge in [0.15, 0.2) is 5.65 Å². The average molecular weight is 324 g/mol. The molecule has 0 saturated heterocycles. The van der Waals surface area contributed by atoms with Crippen molar-refractivity contribution < 1.29 is 9.90 Å². The van der Waals surface area contributed by atoms with Crippen LogP contribution in [0.5, 0.6) is 5.75 Å². The lowest BCUT2D eigenvalue weighted by Crippen LogP contribution is -2.07.